The lowest BCUT2D eigenvalue weighted by Crippen LogP contribution is -2.06. The summed E-state index contributed by atoms with van der Waals surface area (Å²) in [5.74, 6) is 1.03. The molecule has 2 rings (SSSR count). The van der Waals surface area contributed by atoms with Crippen LogP contribution in [-0.2, 0) is 0 Å². The van der Waals surface area contributed by atoms with E-state index in [0.717, 1.165) is 5.56 Å². The Morgan fingerprint density at radius 1 is 1.40 bits per heavy atom. The molecule has 1 aromatic carbocycles. The second-order valence-electron chi connectivity index (χ2n) is 4.76. The standard InChI is InChI=1S/C12H17NO2/c1-12(2)10(11(12)13)7-4-5-9(15-3)8(14)6-7/h4-6,10-11,14H,13H2,1-3H3. The Hall–Kier alpha value is -1.22. The van der Waals surface area contributed by atoms with E-state index in [-0.39, 0.29) is 17.2 Å². The van der Waals surface area contributed by atoms with Gasteiger partial charge in [-0.25, -0.2) is 0 Å². The van der Waals surface area contributed by atoms with Crippen molar-refractivity contribution in [1.29, 1.82) is 0 Å². The fourth-order valence-corrected chi connectivity index (χ4v) is 2.21. The SMILES string of the molecule is COc1ccc(C2C(N)C2(C)C)cc1O. The maximum Gasteiger partial charge on any atom is 0.160 e. The van der Waals surface area contributed by atoms with E-state index < -0.39 is 0 Å². The van der Waals surface area contributed by atoms with E-state index in [2.05, 4.69) is 13.8 Å². The van der Waals surface area contributed by atoms with Gasteiger partial charge in [0, 0.05) is 12.0 Å². The molecule has 82 valence electrons. The number of hydrogen-bond donors (Lipinski definition) is 2. The number of ether oxygens (including phenoxy) is 1. The van der Waals surface area contributed by atoms with Crippen molar-refractivity contribution in [2.45, 2.75) is 25.8 Å². The van der Waals surface area contributed by atoms with Crippen LogP contribution in [0.2, 0.25) is 0 Å². The second-order valence-corrected chi connectivity index (χ2v) is 4.76. The average molecular weight is 207 g/mol. The predicted octanol–water partition coefficient (Wildman–Crippen LogP) is 1.85. The van der Waals surface area contributed by atoms with E-state index in [1.165, 1.54) is 0 Å². The first kappa shape index (κ1) is 10.3. The molecule has 3 N–H and O–H groups in total. The van der Waals surface area contributed by atoms with Gasteiger partial charge in [-0.15, -0.1) is 0 Å². The predicted molar refractivity (Wildman–Crippen MR) is 59.2 cm³/mol. The van der Waals surface area contributed by atoms with Gasteiger partial charge >= 0.3 is 0 Å². The van der Waals surface area contributed by atoms with Crippen molar-refractivity contribution in [2.75, 3.05) is 7.11 Å². The number of methoxy groups -OCH3 is 1. The molecule has 1 fully saturated rings. The van der Waals surface area contributed by atoms with Gasteiger partial charge in [0.1, 0.15) is 0 Å². The summed E-state index contributed by atoms with van der Waals surface area (Å²) in [5, 5.41) is 9.66. The zero-order chi connectivity index (χ0) is 11.2. The molecule has 0 aromatic heterocycles. The summed E-state index contributed by atoms with van der Waals surface area (Å²) in [4.78, 5) is 0. The van der Waals surface area contributed by atoms with E-state index in [9.17, 15) is 5.11 Å². The molecule has 15 heavy (non-hydrogen) atoms. The Balaban J connectivity index is 2.29. The minimum absolute atomic E-state index is 0.140. The molecule has 0 radical (unpaired) electrons. The van der Waals surface area contributed by atoms with Crippen LogP contribution in [0, 0.1) is 5.41 Å². The van der Waals surface area contributed by atoms with Crippen LogP contribution in [0.25, 0.3) is 0 Å². The van der Waals surface area contributed by atoms with Gasteiger partial charge in [-0.3, -0.25) is 0 Å². The van der Waals surface area contributed by atoms with Gasteiger partial charge in [-0.1, -0.05) is 19.9 Å². The van der Waals surface area contributed by atoms with Crippen LogP contribution in [0.1, 0.15) is 25.3 Å². The molecule has 0 saturated heterocycles. The summed E-state index contributed by atoms with van der Waals surface area (Å²) < 4.78 is 5.00. The Morgan fingerprint density at radius 2 is 2.00 bits per heavy atom. The monoisotopic (exact) mass is 207 g/mol. The van der Waals surface area contributed by atoms with Crippen LogP contribution in [0.5, 0.6) is 11.5 Å². The van der Waals surface area contributed by atoms with Crippen molar-refractivity contribution in [3.05, 3.63) is 23.8 Å². The third-order valence-electron chi connectivity index (χ3n) is 3.47. The van der Waals surface area contributed by atoms with Crippen molar-refractivity contribution in [2.24, 2.45) is 11.1 Å². The van der Waals surface area contributed by atoms with E-state index in [1.54, 1.807) is 19.2 Å². The maximum absolute atomic E-state index is 9.66. The number of rotatable bonds is 2. The van der Waals surface area contributed by atoms with Crippen LogP contribution >= 0.6 is 0 Å². The van der Waals surface area contributed by atoms with Crippen LogP contribution < -0.4 is 10.5 Å². The summed E-state index contributed by atoms with van der Waals surface area (Å²) in [6.07, 6.45) is 0. The van der Waals surface area contributed by atoms with Gasteiger partial charge in [0.2, 0.25) is 0 Å². The molecule has 2 unspecified atom stereocenters. The fourth-order valence-electron chi connectivity index (χ4n) is 2.21. The Bertz CT molecular complexity index is 387. The highest BCUT2D eigenvalue weighted by Gasteiger charge is 2.56. The van der Waals surface area contributed by atoms with Gasteiger partial charge in [0.05, 0.1) is 7.11 Å². The second kappa shape index (κ2) is 3.14. The summed E-state index contributed by atoms with van der Waals surface area (Å²) >= 11 is 0. The Labute approximate surface area is 89.9 Å². The molecule has 1 saturated carbocycles. The molecule has 1 aromatic rings. The lowest BCUT2D eigenvalue weighted by Gasteiger charge is -2.07. The first-order valence-corrected chi connectivity index (χ1v) is 5.11. The maximum atomic E-state index is 9.66. The first-order valence-electron chi connectivity index (χ1n) is 5.11. The minimum atomic E-state index is 0.140. The molecular formula is C12H17NO2. The van der Waals surface area contributed by atoms with Crippen LogP contribution in [0.4, 0.5) is 0 Å². The third-order valence-corrected chi connectivity index (χ3v) is 3.47. The normalized spacial score (nSPS) is 27.5. The summed E-state index contributed by atoms with van der Waals surface area (Å²) in [6, 6.07) is 5.69. The van der Waals surface area contributed by atoms with E-state index in [1.807, 2.05) is 6.07 Å². The zero-order valence-corrected chi connectivity index (χ0v) is 9.32. The molecule has 0 aliphatic heterocycles. The summed E-state index contributed by atoms with van der Waals surface area (Å²) in [6.45, 7) is 4.28. The topological polar surface area (TPSA) is 55.5 Å². The molecule has 0 bridgehead atoms. The van der Waals surface area contributed by atoms with Crippen LogP contribution in [0.15, 0.2) is 18.2 Å². The fraction of sp³-hybridized carbons (Fsp3) is 0.500. The van der Waals surface area contributed by atoms with Gasteiger partial charge in [-0.2, -0.15) is 0 Å². The quantitative estimate of drug-likeness (QED) is 0.778. The van der Waals surface area contributed by atoms with Crippen LogP contribution in [0.3, 0.4) is 0 Å². The summed E-state index contributed by atoms with van der Waals surface area (Å²) in [5.41, 5.74) is 7.21. The first-order chi connectivity index (χ1) is 6.98. The lowest BCUT2D eigenvalue weighted by molar-refractivity contribution is 0.373. The highest BCUT2D eigenvalue weighted by Crippen LogP contribution is 2.57. The minimum Gasteiger partial charge on any atom is -0.504 e. The highest BCUT2D eigenvalue weighted by molar-refractivity contribution is 5.46. The summed E-state index contributed by atoms with van der Waals surface area (Å²) in [7, 11) is 1.54. The largest absolute Gasteiger partial charge is 0.504 e. The van der Waals surface area contributed by atoms with Gasteiger partial charge < -0.3 is 15.6 Å². The van der Waals surface area contributed by atoms with E-state index in [0.29, 0.717) is 11.7 Å². The molecule has 3 nitrogen and oxygen atoms in total. The van der Waals surface area contributed by atoms with E-state index in [4.69, 9.17) is 10.5 Å². The van der Waals surface area contributed by atoms with Crippen LogP contribution in [-0.4, -0.2) is 18.3 Å². The molecule has 1 aliphatic rings. The molecule has 3 heteroatoms. The third kappa shape index (κ3) is 1.47. The number of aromatic hydroxyl groups is 1. The lowest BCUT2D eigenvalue weighted by atomic mass is 10.0. The molecule has 0 spiro atoms. The van der Waals surface area contributed by atoms with Gasteiger partial charge in [0.15, 0.2) is 11.5 Å². The Kier molecular flexibility index (Phi) is 2.15. The van der Waals surface area contributed by atoms with Crippen molar-refractivity contribution in [3.63, 3.8) is 0 Å². The Morgan fingerprint density at radius 3 is 2.40 bits per heavy atom. The number of nitrogens with two attached hydrogens (primary N) is 1. The van der Waals surface area contributed by atoms with Crippen molar-refractivity contribution >= 4 is 0 Å². The number of hydrogen-bond acceptors (Lipinski definition) is 3. The van der Waals surface area contributed by atoms with Crippen molar-refractivity contribution in [3.8, 4) is 11.5 Å². The van der Waals surface area contributed by atoms with Crippen molar-refractivity contribution in [1.82, 2.24) is 0 Å². The number of phenolic OH excluding ortho intramolecular Hbond substituents is 1. The zero-order valence-electron chi connectivity index (χ0n) is 9.32. The van der Waals surface area contributed by atoms with Crippen molar-refractivity contribution < 1.29 is 9.84 Å². The molecule has 2 atom stereocenters. The van der Waals surface area contributed by atoms with Gasteiger partial charge in [-0.05, 0) is 23.1 Å². The van der Waals surface area contributed by atoms with Gasteiger partial charge in [0.25, 0.3) is 0 Å². The number of benzene rings is 1. The molecule has 1 aliphatic carbocycles. The highest BCUT2D eigenvalue weighted by atomic mass is 16.5. The van der Waals surface area contributed by atoms with E-state index >= 15 is 0 Å². The molecule has 0 heterocycles. The molecule has 0 amide bonds. The average Bonchev–Trinajstić information content (AvgIpc) is 2.66. The number of phenols is 1. The molecular weight excluding hydrogens is 190 g/mol. The smallest absolute Gasteiger partial charge is 0.160 e.